The molecule has 1 aliphatic rings. The number of pyridine rings is 1. The lowest BCUT2D eigenvalue weighted by Crippen LogP contribution is -2.08. The summed E-state index contributed by atoms with van der Waals surface area (Å²) < 4.78 is 5.29. The molecular formula is C16H16N2O2S. The van der Waals surface area contributed by atoms with Gasteiger partial charge in [-0.2, -0.15) is 0 Å². The zero-order valence-corrected chi connectivity index (χ0v) is 12.6. The Kier molecular flexibility index (Phi) is 4.10. The molecule has 1 aliphatic carbocycles. The number of benzene rings is 1. The van der Waals surface area contributed by atoms with E-state index in [0.29, 0.717) is 11.6 Å². The van der Waals surface area contributed by atoms with Crippen LogP contribution in [0.2, 0.25) is 0 Å². The molecule has 1 heterocycles. The second kappa shape index (κ2) is 6.18. The maximum atomic E-state index is 12.1. The van der Waals surface area contributed by atoms with E-state index in [9.17, 15) is 4.79 Å². The highest BCUT2D eigenvalue weighted by atomic mass is 32.2. The first-order valence-corrected chi connectivity index (χ1v) is 7.68. The monoisotopic (exact) mass is 300 g/mol. The molecule has 0 fully saturated rings. The van der Waals surface area contributed by atoms with Gasteiger partial charge in [-0.3, -0.25) is 4.79 Å². The average Bonchev–Trinajstić information content (AvgIpc) is 2.94. The van der Waals surface area contributed by atoms with Gasteiger partial charge < -0.3 is 10.1 Å². The van der Waals surface area contributed by atoms with Crippen LogP contribution in [0.15, 0.2) is 41.3 Å². The van der Waals surface area contributed by atoms with Crippen LogP contribution in [0, 0.1) is 0 Å². The van der Waals surface area contributed by atoms with Crippen LogP contribution in [-0.2, 0) is 12.8 Å². The molecule has 0 aliphatic heterocycles. The zero-order valence-electron chi connectivity index (χ0n) is 11.8. The van der Waals surface area contributed by atoms with Crippen molar-refractivity contribution < 1.29 is 9.53 Å². The smallest absolute Gasteiger partial charge is 0.288 e. The summed E-state index contributed by atoms with van der Waals surface area (Å²) in [5, 5.41) is 2.74. The molecule has 0 saturated carbocycles. The molecule has 0 atom stereocenters. The maximum Gasteiger partial charge on any atom is 0.288 e. The Labute approximate surface area is 127 Å². The topological polar surface area (TPSA) is 51.2 Å². The third-order valence-electron chi connectivity index (χ3n) is 3.40. The van der Waals surface area contributed by atoms with E-state index in [-0.39, 0.29) is 5.24 Å². The molecule has 1 amide bonds. The van der Waals surface area contributed by atoms with E-state index >= 15 is 0 Å². The van der Waals surface area contributed by atoms with Gasteiger partial charge in [-0.05, 0) is 54.8 Å². The van der Waals surface area contributed by atoms with Gasteiger partial charge in [0.15, 0.2) is 0 Å². The number of carbonyl (C=O) groups excluding carboxylic acids is 1. The Morgan fingerprint density at radius 2 is 2.10 bits per heavy atom. The van der Waals surface area contributed by atoms with Gasteiger partial charge >= 0.3 is 0 Å². The lowest BCUT2D eigenvalue weighted by atomic mass is 10.2. The Hall–Kier alpha value is -2.01. The van der Waals surface area contributed by atoms with Gasteiger partial charge in [0.1, 0.15) is 5.69 Å². The third-order valence-corrected chi connectivity index (χ3v) is 4.20. The highest BCUT2D eigenvalue weighted by Crippen LogP contribution is 2.31. The van der Waals surface area contributed by atoms with E-state index in [1.165, 1.54) is 5.56 Å². The van der Waals surface area contributed by atoms with Crippen molar-refractivity contribution in [2.45, 2.75) is 24.2 Å². The molecule has 0 spiro atoms. The highest BCUT2D eigenvalue weighted by molar-refractivity contribution is 8.13. The number of amides is 1. The molecule has 1 aromatic heterocycles. The van der Waals surface area contributed by atoms with Gasteiger partial charge in [0.2, 0.25) is 5.88 Å². The molecule has 0 unspecified atom stereocenters. The van der Waals surface area contributed by atoms with E-state index in [2.05, 4.69) is 10.3 Å². The SMILES string of the molecule is COc1nc2c(cc1NC(=O)Sc1ccccc1)CCC2. The van der Waals surface area contributed by atoms with Crippen molar-refractivity contribution in [3.8, 4) is 5.88 Å². The van der Waals surface area contributed by atoms with Crippen LogP contribution in [0.3, 0.4) is 0 Å². The molecule has 3 rings (SSSR count). The number of aryl methyl sites for hydroxylation is 2. The normalized spacial score (nSPS) is 12.8. The van der Waals surface area contributed by atoms with Crippen LogP contribution < -0.4 is 10.1 Å². The number of aromatic nitrogens is 1. The summed E-state index contributed by atoms with van der Waals surface area (Å²) >= 11 is 1.16. The molecule has 5 heteroatoms. The largest absolute Gasteiger partial charge is 0.480 e. The average molecular weight is 300 g/mol. The van der Waals surface area contributed by atoms with E-state index < -0.39 is 0 Å². The number of rotatable bonds is 3. The van der Waals surface area contributed by atoms with Crippen LogP contribution in [0.5, 0.6) is 5.88 Å². The summed E-state index contributed by atoms with van der Waals surface area (Å²) in [7, 11) is 1.57. The molecule has 1 aromatic carbocycles. The van der Waals surface area contributed by atoms with Crippen molar-refractivity contribution in [1.82, 2.24) is 4.98 Å². The third kappa shape index (κ3) is 3.19. The Morgan fingerprint density at radius 1 is 1.29 bits per heavy atom. The van der Waals surface area contributed by atoms with Crippen molar-refractivity contribution in [2.24, 2.45) is 0 Å². The number of nitrogens with one attached hydrogen (secondary N) is 1. The molecule has 0 radical (unpaired) electrons. The van der Waals surface area contributed by atoms with E-state index in [1.54, 1.807) is 7.11 Å². The summed E-state index contributed by atoms with van der Waals surface area (Å²) in [5.74, 6) is 0.484. The van der Waals surface area contributed by atoms with Gasteiger partial charge in [-0.1, -0.05) is 18.2 Å². The molecule has 1 N–H and O–H groups in total. The fourth-order valence-electron chi connectivity index (χ4n) is 2.43. The Balaban J connectivity index is 1.76. The maximum absolute atomic E-state index is 12.1. The number of hydrogen-bond donors (Lipinski definition) is 1. The van der Waals surface area contributed by atoms with Gasteiger partial charge in [0.05, 0.1) is 7.11 Å². The van der Waals surface area contributed by atoms with Gasteiger partial charge in [0.25, 0.3) is 5.24 Å². The summed E-state index contributed by atoms with van der Waals surface area (Å²) in [6, 6.07) is 11.5. The summed E-state index contributed by atoms with van der Waals surface area (Å²) in [6.07, 6.45) is 3.11. The minimum Gasteiger partial charge on any atom is -0.480 e. The number of thioether (sulfide) groups is 1. The first kappa shape index (κ1) is 13.9. The molecule has 0 saturated heterocycles. The van der Waals surface area contributed by atoms with Crippen LogP contribution >= 0.6 is 11.8 Å². The standard InChI is InChI=1S/C16H16N2O2S/c1-20-15-14(10-11-6-5-9-13(11)17-15)18-16(19)21-12-7-3-2-4-8-12/h2-4,7-8,10H,5-6,9H2,1H3,(H,18,19). The van der Waals surface area contributed by atoms with E-state index in [1.807, 2.05) is 36.4 Å². The first-order chi connectivity index (χ1) is 10.3. The molecule has 0 bridgehead atoms. The van der Waals surface area contributed by atoms with E-state index in [0.717, 1.165) is 41.6 Å². The quantitative estimate of drug-likeness (QED) is 0.873. The second-order valence-corrected chi connectivity index (χ2v) is 5.88. The van der Waals surface area contributed by atoms with Crippen molar-refractivity contribution in [3.63, 3.8) is 0 Å². The summed E-state index contributed by atoms with van der Waals surface area (Å²) in [4.78, 5) is 17.5. The van der Waals surface area contributed by atoms with Gasteiger partial charge in [-0.25, -0.2) is 4.98 Å². The number of anilines is 1. The number of nitrogens with zero attached hydrogens (tertiary/aromatic N) is 1. The second-order valence-electron chi connectivity index (χ2n) is 4.83. The fraction of sp³-hybridized carbons (Fsp3) is 0.250. The van der Waals surface area contributed by atoms with Crippen molar-refractivity contribution in [1.29, 1.82) is 0 Å². The first-order valence-electron chi connectivity index (χ1n) is 6.87. The zero-order chi connectivity index (χ0) is 14.7. The minimum atomic E-state index is -0.140. The Bertz CT molecular complexity index is 659. The predicted octanol–water partition coefficient (Wildman–Crippen LogP) is 3.90. The predicted molar refractivity (Wildman–Crippen MR) is 84.1 cm³/mol. The van der Waals surface area contributed by atoms with Gasteiger partial charge in [-0.15, -0.1) is 0 Å². The van der Waals surface area contributed by atoms with Gasteiger partial charge in [0, 0.05) is 10.6 Å². The molecular weight excluding hydrogens is 284 g/mol. The number of hydrogen-bond acceptors (Lipinski definition) is 4. The van der Waals surface area contributed by atoms with E-state index in [4.69, 9.17) is 4.74 Å². The molecule has 4 nitrogen and oxygen atoms in total. The lowest BCUT2D eigenvalue weighted by molar-refractivity contribution is 0.269. The fourth-order valence-corrected chi connectivity index (χ4v) is 3.10. The molecule has 2 aromatic rings. The Morgan fingerprint density at radius 3 is 2.86 bits per heavy atom. The highest BCUT2D eigenvalue weighted by Gasteiger charge is 2.18. The van der Waals surface area contributed by atoms with Crippen molar-refractivity contribution in [3.05, 3.63) is 47.7 Å². The molecule has 108 valence electrons. The van der Waals surface area contributed by atoms with Crippen LogP contribution in [-0.4, -0.2) is 17.3 Å². The van der Waals surface area contributed by atoms with Crippen molar-refractivity contribution in [2.75, 3.05) is 12.4 Å². The summed E-state index contributed by atoms with van der Waals surface area (Å²) in [5.41, 5.74) is 2.93. The summed E-state index contributed by atoms with van der Waals surface area (Å²) in [6.45, 7) is 0. The van der Waals surface area contributed by atoms with Crippen molar-refractivity contribution >= 4 is 22.7 Å². The van der Waals surface area contributed by atoms with Crippen LogP contribution in [0.4, 0.5) is 10.5 Å². The number of carbonyl (C=O) groups is 1. The lowest BCUT2D eigenvalue weighted by Gasteiger charge is -2.11. The number of fused-ring (bicyclic) bond motifs is 1. The van der Waals surface area contributed by atoms with Crippen LogP contribution in [0.25, 0.3) is 0 Å². The number of methoxy groups -OCH3 is 1. The molecule has 21 heavy (non-hydrogen) atoms. The number of ether oxygens (including phenoxy) is 1. The van der Waals surface area contributed by atoms with Crippen LogP contribution in [0.1, 0.15) is 17.7 Å². The minimum absolute atomic E-state index is 0.140.